The first-order valence-electron chi connectivity index (χ1n) is 9.16. The van der Waals surface area contributed by atoms with Crippen molar-refractivity contribution in [3.63, 3.8) is 0 Å². The summed E-state index contributed by atoms with van der Waals surface area (Å²) in [6, 6.07) is 19.8. The SMILES string of the molecule is O=C(O)c1ccc(CC2CCC2)cc1OCc1cccc2ccccc12. The van der Waals surface area contributed by atoms with Gasteiger partial charge in [-0.25, -0.2) is 4.79 Å². The van der Waals surface area contributed by atoms with Crippen molar-refractivity contribution in [2.24, 2.45) is 5.92 Å². The number of benzene rings is 3. The standard InChI is InChI=1S/C23H22O3/c24-23(25)21-12-11-17(13-16-5-3-6-16)14-22(21)26-15-19-9-4-8-18-7-1-2-10-20(18)19/h1-2,4,7-12,14,16H,3,5-6,13,15H2,(H,24,25). The predicted molar refractivity (Wildman–Crippen MR) is 103 cm³/mol. The number of aromatic carboxylic acids is 1. The lowest BCUT2D eigenvalue weighted by Gasteiger charge is -2.25. The molecular formula is C23H22O3. The first-order chi connectivity index (χ1) is 12.7. The monoisotopic (exact) mass is 346 g/mol. The van der Waals surface area contributed by atoms with Crippen LogP contribution in [-0.2, 0) is 13.0 Å². The topological polar surface area (TPSA) is 46.5 Å². The zero-order chi connectivity index (χ0) is 17.9. The Labute approximate surface area is 153 Å². The highest BCUT2D eigenvalue weighted by Crippen LogP contribution is 2.32. The Balaban J connectivity index is 1.59. The maximum atomic E-state index is 11.6. The summed E-state index contributed by atoms with van der Waals surface area (Å²) in [5, 5.41) is 11.8. The van der Waals surface area contributed by atoms with Crippen LogP contribution < -0.4 is 4.74 Å². The van der Waals surface area contributed by atoms with E-state index in [1.165, 1.54) is 19.3 Å². The molecule has 3 aromatic carbocycles. The van der Waals surface area contributed by atoms with Gasteiger partial charge in [0.15, 0.2) is 0 Å². The van der Waals surface area contributed by atoms with Gasteiger partial charge in [0.25, 0.3) is 0 Å². The van der Waals surface area contributed by atoms with Gasteiger partial charge in [0.2, 0.25) is 0 Å². The third-order valence-electron chi connectivity index (χ3n) is 5.29. The number of carbonyl (C=O) groups is 1. The molecule has 0 heterocycles. The minimum Gasteiger partial charge on any atom is -0.488 e. The molecule has 26 heavy (non-hydrogen) atoms. The van der Waals surface area contributed by atoms with Gasteiger partial charge in [-0.3, -0.25) is 0 Å². The maximum absolute atomic E-state index is 11.6. The van der Waals surface area contributed by atoms with E-state index in [2.05, 4.69) is 18.2 Å². The molecule has 1 saturated carbocycles. The van der Waals surface area contributed by atoms with Crippen molar-refractivity contribution in [3.8, 4) is 5.75 Å². The van der Waals surface area contributed by atoms with Gasteiger partial charge >= 0.3 is 5.97 Å². The molecule has 1 N–H and O–H groups in total. The van der Waals surface area contributed by atoms with Gasteiger partial charge in [-0.2, -0.15) is 0 Å². The van der Waals surface area contributed by atoms with Crippen LogP contribution in [0.15, 0.2) is 60.7 Å². The summed E-state index contributed by atoms with van der Waals surface area (Å²) in [7, 11) is 0. The summed E-state index contributed by atoms with van der Waals surface area (Å²) in [5.74, 6) is 0.243. The molecule has 0 aromatic heterocycles. The van der Waals surface area contributed by atoms with E-state index in [9.17, 15) is 9.90 Å². The molecule has 0 spiro atoms. The largest absolute Gasteiger partial charge is 0.488 e. The van der Waals surface area contributed by atoms with Gasteiger partial charge in [0, 0.05) is 0 Å². The van der Waals surface area contributed by atoms with E-state index in [1.807, 2.05) is 36.4 Å². The molecule has 0 radical (unpaired) electrons. The van der Waals surface area contributed by atoms with Crippen LogP contribution in [0.4, 0.5) is 0 Å². The number of hydrogen-bond acceptors (Lipinski definition) is 2. The summed E-state index contributed by atoms with van der Waals surface area (Å²) < 4.78 is 5.99. The quantitative estimate of drug-likeness (QED) is 0.645. The molecule has 3 aromatic rings. The summed E-state index contributed by atoms with van der Waals surface area (Å²) >= 11 is 0. The van der Waals surface area contributed by atoms with Crippen LogP contribution in [0, 0.1) is 5.92 Å². The van der Waals surface area contributed by atoms with Crippen molar-refractivity contribution < 1.29 is 14.6 Å². The molecule has 3 nitrogen and oxygen atoms in total. The zero-order valence-corrected chi connectivity index (χ0v) is 14.7. The summed E-state index contributed by atoms with van der Waals surface area (Å²) in [4.78, 5) is 11.6. The molecule has 0 amide bonds. The van der Waals surface area contributed by atoms with Crippen LogP contribution >= 0.6 is 0 Å². The van der Waals surface area contributed by atoms with Crippen LogP contribution in [0.2, 0.25) is 0 Å². The first kappa shape index (κ1) is 16.6. The van der Waals surface area contributed by atoms with Crippen molar-refractivity contribution in [1.82, 2.24) is 0 Å². The van der Waals surface area contributed by atoms with Crippen LogP contribution in [0.25, 0.3) is 10.8 Å². The van der Waals surface area contributed by atoms with Crippen LogP contribution in [-0.4, -0.2) is 11.1 Å². The van der Waals surface area contributed by atoms with E-state index in [-0.39, 0.29) is 5.56 Å². The van der Waals surface area contributed by atoms with Crippen LogP contribution in [0.3, 0.4) is 0 Å². The molecule has 1 aliphatic carbocycles. The number of hydrogen-bond donors (Lipinski definition) is 1. The Morgan fingerprint density at radius 2 is 1.85 bits per heavy atom. The average Bonchev–Trinajstić information content (AvgIpc) is 2.63. The van der Waals surface area contributed by atoms with Gasteiger partial charge in [-0.15, -0.1) is 0 Å². The van der Waals surface area contributed by atoms with Gasteiger partial charge in [-0.1, -0.05) is 67.8 Å². The molecule has 132 valence electrons. The van der Waals surface area contributed by atoms with Gasteiger partial charge in [-0.05, 0) is 46.4 Å². The number of carboxylic acids is 1. The normalized spacial score (nSPS) is 14.2. The van der Waals surface area contributed by atoms with Gasteiger partial charge in [0.1, 0.15) is 17.9 Å². The molecule has 1 fully saturated rings. The Hall–Kier alpha value is -2.81. The second-order valence-electron chi connectivity index (χ2n) is 7.06. The Kier molecular flexibility index (Phi) is 4.61. The second-order valence-corrected chi connectivity index (χ2v) is 7.06. The zero-order valence-electron chi connectivity index (χ0n) is 14.7. The lowest BCUT2D eigenvalue weighted by Crippen LogP contribution is -2.14. The Morgan fingerprint density at radius 3 is 2.62 bits per heavy atom. The number of fused-ring (bicyclic) bond motifs is 1. The third-order valence-corrected chi connectivity index (χ3v) is 5.29. The number of rotatable bonds is 6. The van der Waals surface area contributed by atoms with Gasteiger partial charge < -0.3 is 9.84 Å². The van der Waals surface area contributed by atoms with E-state index >= 15 is 0 Å². The Bertz CT molecular complexity index is 936. The minimum atomic E-state index is -0.951. The summed E-state index contributed by atoms with van der Waals surface area (Å²) in [5.41, 5.74) is 2.44. The lowest BCUT2D eigenvalue weighted by molar-refractivity contribution is 0.0691. The third kappa shape index (κ3) is 3.43. The fourth-order valence-electron chi connectivity index (χ4n) is 3.59. The summed E-state index contributed by atoms with van der Waals surface area (Å²) in [6.45, 7) is 0.356. The fourth-order valence-corrected chi connectivity index (χ4v) is 3.59. The first-order valence-corrected chi connectivity index (χ1v) is 9.16. The highest BCUT2D eigenvalue weighted by atomic mass is 16.5. The van der Waals surface area contributed by atoms with E-state index < -0.39 is 5.97 Å². The van der Waals surface area contributed by atoms with Crippen molar-refractivity contribution in [3.05, 3.63) is 77.4 Å². The van der Waals surface area contributed by atoms with E-state index in [0.29, 0.717) is 12.4 Å². The lowest BCUT2D eigenvalue weighted by atomic mass is 9.81. The van der Waals surface area contributed by atoms with Crippen molar-refractivity contribution in [2.75, 3.05) is 0 Å². The molecule has 0 bridgehead atoms. The van der Waals surface area contributed by atoms with E-state index in [1.54, 1.807) is 6.07 Å². The molecule has 0 aliphatic heterocycles. The average molecular weight is 346 g/mol. The fraction of sp³-hybridized carbons (Fsp3) is 0.261. The van der Waals surface area contributed by atoms with Crippen molar-refractivity contribution in [1.29, 1.82) is 0 Å². The van der Waals surface area contributed by atoms with Crippen molar-refractivity contribution >= 4 is 16.7 Å². The van der Waals surface area contributed by atoms with Gasteiger partial charge in [0.05, 0.1) is 0 Å². The van der Waals surface area contributed by atoms with Crippen molar-refractivity contribution in [2.45, 2.75) is 32.3 Å². The molecule has 0 unspecified atom stereocenters. The molecule has 0 atom stereocenters. The van der Waals surface area contributed by atoms with E-state index in [0.717, 1.165) is 34.2 Å². The predicted octanol–water partition coefficient (Wildman–Crippen LogP) is 5.46. The minimum absolute atomic E-state index is 0.225. The van der Waals surface area contributed by atoms with Crippen LogP contribution in [0.1, 0.15) is 40.7 Å². The number of carboxylic acid groups (broad SMARTS) is 1. The highest BCUT2D eigenvalue weighted by molar-refractivity contribution is 5.91. The smallest absolute Gasteiger partial charge is 0.339 e. The summed E-state index contributed by atoms with van der Waals surface area (Å²) in [6.07, 6.45) is 4.85. The number of ether oxygens (including phenoxy) is 1. The Morgan fingerprint density at radius 1 is 1.04 bits per heavy atom. The second kappa shape index (κ2) is 7.20. The maximum Gasteiger partial charge on any atom is 0.339 e. The molecule has 4 rings (SSSR count). The van der Waals surface area contributed by atoms with E-state index in [4.69, 9.17) is 4.74 Å². The molecule has 3 heteroatoms. The highest BCUT2D eigenvalue weighted by Gasteiger charge is 2.19. The molecule has 0 saturated heterocycles. The molecular weight excluding hydrogens is 324 g/mol. The van der Waals surface area contributed by atoms with Crippen LogP contribution in [0.5, 0.6) is 5.75 Å². The molecule has 1 aliphatic rings.